The molecular weight excluding hydrogens is 400 g/mol. The van der Waals surface area contributed by atoms with Gasteiger partial charge in [0.2, 0.25) is 0 Å². The third-order valence-corrected chi connectivity index (χ3v) is 4.29. The van der Waals surface area contributed by atoms with Gasteiger partial charge < -0.3 is 19.7 Å². The van der Waals surface area contributed by atoms with Crippen LogP contribution in [0.5, 0.6) is 17.2 Å². The molecule has 0 bridgehead atoms. The number of nitrogens with one attached hydrogen (secondary N) is 1. The molecule has 0 saturated carbocycles. The summed E-state index contributed by atoms with van der Waals surface area (Å²) in [6.45, 7) is 0.177. The number of amides is 1. The number of carboxylic acids is 1. The lowest BCUT2D eigenvalue weighted by Crippen LogP contribution is -2.17. The molecule has 158 valence electrons. The Morgan fingerprint density at radius 2 is 1.77 bits per heavy atom. The van der Waals surface area contributed by atoms with Gasteiger partial charge in [0, 0.05) is 11.1 Å². The van der Waals surface area contributed by atoms with Crippen LogP contribution in [0.15, 0.2) is 71.8 Å². The third kappa shape index (κ3) is 5.60. The predicted octanol–water partition coefficient (Wildman–Crippen LogP) is 3.44. The van der Waals surface area contributed by atoms with E-state index in [0.717, 1.165) is 5.56 Å². The molecular formula is C23H20N2O6. The Bertz CT molecular complexity index is 1110. The van der Waals surface area contributed by atoms with Gasteiger partial charge in [-0.2, -0.15) is 5.10 Å². The molecule has 31 heavy (non-hydrogen) atoms. The minimum absolute atomic E-state index is 0.0171. The van der Waals surface area contributed by atoms with Crippen molar-refractivity contribution < 1.29 is 29.3 Å². The van der Waals surface area contributed by atoms with Crippen LogP contribution in [0.2, 0.25) is 0 Å². The number of aromatic hydroxyl groups is 1. The van der Waals surface area contributed by atoms with Gasteiger partial charge in [0.05, 0.1) is 18.9 Å². The molecule has 0 aromatic heterocycles. The highest BCUT2D eigenvalue weighted by molar-refractivity contribution is 5.95. The van der Waals surface area contributed by atoms with Gasteiger partial charge in [-0.15, -0.1) is 0 Å². The minimum atomic E-state index is -0.997. The molecule has 3 N–H and O–H groups in total. The lowest BCUT2D eigenvalue weighted by molar-refractivity contribution is 0.0696. The molecule has 0 unspecified atom stereocenters. The fourth-order valence-corrected chi connectivity index (χ4v) is 2.72. The number of hydrazone groups is 1. The molecule has 0 saturated heterocycles. The highest BCUT2D eigenvalue weighted by Crippen LogP contribution is 2.30. The van der Waals surface area contributed by atoms with Crippen LogP contribution in [0, 0.1) is 0 Å². The molecule has 0 aliphatic heterocycles. The number of methoxy groups -OCH3 is 1. The topological polar surface area (TPSA) is 117 Å². The Morgan fingerprint density at radius 1 is 1.03 bits per heavy atom. The second-order valence-corrected chi connectivity index (χ2v) is 6.42. The van der Waals surface area contributed by atoms with Gasteiger partial charge in [-0.3, -0.25) is 4.79 Å². The standard InChI is InChI=1S/C23H20N2O6/c1-30-20-7-3-5-18(13-24-25-22(27)17-4-2-6-19(26)12-17)21(20)31-14-15-8-10-16(11-9-15)23(28)29/h2-13,26H,14H2,1H3,(H,25,27)(H,28,29)/b24-13+. The lowest BCUT2D eigenvalue weighted by Gasteiger charge is -2.13. The van der Waals surface area contributed by atoms with Crippen molar-refractivity contribution >= 4 is 18.1 Å². The molecule has 0 aliphatic carbocycles. The Hall–Kier alpha value is -4.33. The number of para-hydroxylation sites is 1. The van der Waals surface area contributed by atoms with Gasteiger partial charge in [-0.1, -0.05) is 24.3 Å². The Morgan fingerprint density at radius 3 is 2.45 bits per heavy atom. The molecule has 3 aromatic rings. The average Bonchev–Trinajstić information content (AvgIpc) is 2.78. The largest absolute Gasteiger partial charge is 0.508 e. The van der Waals surface area contributed by atoms with Gasteiger partial charge in [-0.25, -0.2) is 10.2 Å². The summed E-state index contributed by atoms with van der Waals surface area (Å²) in [4.78, 5) is 23.1. The second kappa shape index (κ2) is 9.93. The van der Waals surface area contributed by atoms with Crippen LogP contribution in [0.25, 0.3) is 0 Å². The van der Waals surface area contributed by atoms with Crippen molar-refractivity contribution in [2.45, 2.75) is 6.61 Å². The molecule has 3 aromatic carbocycles. The van der Waals surface area contributed by atoms with Gasteiger partial charge in [0.15, 0.2) is 11.5 Å². The number of rotatable bonds is 8. The number of carboxylic acid groups (broad SMARTS) is 1. The summed E-state index contributed by atoms with van der Waals surface area (Å²) < 4.78 is 11.2. The molecule has 0 heterocycles. The molecule has 0 spiro atoms. The minimum Gasteiger partial charge on any atom is -0.508 e. The van der Waals surface area contributed by atoms with E-state index in [1.807, 2.05) is 0 Å². The molecule has 1 amide bonds. The summed E-state index contributed by atoms with van der Waals surface area (Å²) in [5.41, 5.74) is 4.20. The number of nitrogens with zero attached hydrogens (tertiary/aromatic N) is 1. The maximum absolute atomic E-state index is 12.1. The first-order chi connectivity index (χ1) is 15.0. The zero-order chi connectivity index (χ0) is 22.2. The summed E-state index contributed by atoms with van der Waals surface area (Å²) in [5.74, 6) is -0.593. The maximum Gasteiger partial charge on any atom is 0.335 e. The van der Waals surface area contributed by atoms with E-state index in [1.165, 1.54) is 37.6 Å². The van der Waals surface area contributed by atoms with Gasteiger partial charge in [-0.05, 0) is 48.0 Å². The van der Waals surface area contributed by atoms with Gasteiger partial charge >= 0.3 is 5.97 Å². The highest BCUT2D eigenvalue weighted by Gasteiger charge is 2.11. The van der Waals surface area contributed by atoms with E-state index in [-0.39, 0.29) is 23.5 Å². The highest BCUT2D eigenvalue weighted by atomic mass is 16.5. The van der Waals surface area contributed by atoms with Crippen LogP contribution >= 0.6 is 0 Å². The summed E-state index contributed by atoms with van der Waals surface area (Å²) in [6.07, 6.45) is 1.42. The van der Waals surface area contributed by atoms with E-state index in [1.54, 1.807) is 42.5 Å². The number of hydrogen-bond donors (Lipinski definition) is 3. The van der Waals surface area contributed by atoms with Crippen molar-refractivity contribution in [2.75, 3.05) is 7.11 Å². The molecule has 8 nitrogen and oxygen atoms in total. The number of phenolic OH excluding ortho intramolecular Hbond substituents is 1. The van der Waals surface area contributed by atoms with Crippen LogP contribution in [-0.2, 0) is 6.61 Å². The molecule has 0 aliphatic rings. The van der Waals surface area contributed by atoms with Crippen molar-refractivity contribution in [3.8, 4) is 17.2 Å². The summed E-state index contributed by atoms with van der Waals surface area (Å²) in [6, 6.07) is 17.5. The summed E-state index contributed by atoms with van der Waals surface area (Å²) in [7, 11) is 1.51. The normalized spacial score (nSPS) is 10.6. The molecule has 0 radical (unpaired) electrons. The predicted molar refractivity (Wildman–Crippen MR) is 114 cm³/mol. The number of aromatic carboxylic acids is 1. The zero-order valence-electron chi connectivity index (χ0n) is 16.6. The first-order valence-electron chi connectivity index (χ1n) is 9.22. The number of ether oxygens (including phenoxy) is 2. The number of carbonyl (C=O) groups is 2. The quantitative estimate of drug-likeness (QED) is 0.380. The fraction of sp³-hybridized carbons (Fsp3) is 0.0870. The van der Waals surface area contributed by atoms with Crippen molar-refractivity contribution in [1.82, 2.24) is 5.43 Å². The van der Waals surface area contributed by atoms with Crippen LogP contribution in [0.4, 0.5) is 0 Å². The monoisotopic (exact) mass is 420 g/mol. The summed E-state index contributed by atoms with van der Waals surface area (Å²) >= 11 is 0. The van der Waals surface area contributed by atoms with E-state index in [9.17, 15) is 14.7 Å². The second-order valence-electron chi connectivity index (χ2n) is 6.42. The average molecular weight is 420 g/mol. The van der Waals surface area contributed by atoms with E-state index in [0.29, 0.717) is 17.1 Å². The van der Waals surface area contributed by atoms with E-state index >= 15 is 0 Å². The number of carbonyl (C=O) groups excluding carboxylic acids is 1. The zero-order valence-corrected chi connectivity index (χ0v) is 16.6. The van der Waals surface area contributed by atoms with Crippen molar-refractivity contribution in [3.63, 3.8) is 0 Å². The Labute approximate surface area is 178 Å². The smallest absolute Gasteiger partial charge is 0.335 e. The Kier molecular flexibility index (Phi) is 6.85. The molecule has 8 heteroatoms. The molecule has 0 atom stereocenters. The van der Waals surface area contributed by atoms with E-state index in [4.69, 9.17) is 14.6 Å². The van der Waals surface area contributed by atoms with Crippen molar-refractivity contribution in [1.29, 1.82) is 0 Å². The van der Waals surface area contributed by atoms with Crippen molar-refractivity contribution in [2.24, 2.45) is 5.10 Å². The van der Waals surface area contributed by atoms with Gasteiger partial charge in [0.1, 0.15) is 12.4 Å². The molecule has 3 rings (SSSR count). The number of phenols is 1. The van der Waals surface area contributed by atoms with Crippen molar-refractivity contribution in [3.05, 3.63) is 89.0 Å². The third-order valence-electron chi connectivity index (χ3n) is 4.29. The fourth-order valence-electron chi connectivity index (χ4n) is 2.72. The van der Waals surface area contributed by atoms with Crippen LogP contribution in [0.1, 0.15) is 31.8 Å². The summed E-state index contributed by atoms with van der Waals surface area (Å²) in [5, 5.41) is 22.4. The maximum atomic E-state index is 12.1. The van der Waals surface area contributed by atoms with Crippen LogP contribution in [0.3, 0.4) is 0 Å². The van der Waals surface area contributed by atoms with E-state index in [2.05, 4.69) is 10.5 Å². The van der Waals surface area contributed by atoms with E-state index < -0.39 is 11.9 Å². The first kappa shape index (κ1) is 21.4. The SMILES string of the molecule is COc1cccc(/C=N/NC(=O)c2cccc(O)c2)c1OCc1ccc(C(=O)O)cc1. The number of hydrogen-bond acceptors (Lipinski definition) is 6. The molecule has 0 fully saturated rings. The Balaban J connectivity index is 1.73. The number of benzene rings is 3. The van der Waals surface area contributed by atoms with Gasteiger partial charge in [0.25, 0.3) is 5.91 Å². The first-order valence-corrected chi connectivity index (χ1v) is 9.22. The van der Waals surface area contributed by atoms with Crippen LogP contribution in [-0.4, -0.2) is 35.4 Å². The lowest BCUT2D eigenvalue weighted by atomic mass is 10.1. The van der Waals surface area contributed by atoms with Crippen LogP contribution < -0.4 is 14.9 Å².